The minimum atomic E-state index is -0.0963. The molecule has 0 radical (unpaired) electrons. The molecule has 2 aliphatic heterocycles. The van der Waals surface area contributed by atoms with E-state index in [9.17, 15) is 9.59 Å². The third-order valence-electron chi connectivity index (χ3n) is 4.59. The van der Waals surface area contributed by atoms with Crippen LogP contribution in [0.4, 0.5) is 10.5 Å². The molecule has 0 aliphatic carbocycles. The van der Waals surface area contributed by atoms with Crippen molar-refractivity contribution in [1.82, 2.24) is 15.5 Å². The number of likely N-dealkylation sites (N-methyl/N-ethyl adjacent to an activating group) is 1. The fourth-order valence-electron chi connectivity index (χ4n) is 3.17. The van der Waals surface area contributed by atoms with Crippen LogP contribution in [-0.2, 0) is 0 Å². The fraction of sp³-hybridized carbons (Fsp3) is 0.500. The van der Waals surface area contributed by atoms with Crippen molar-refractivity contribution in [3.63, 3.8) is 0 Å². The molecule has 0 bridgehead atoms. The van der Waals surface area contributed by atoms with Crippen LogP contribution < -0.4 is 15.5 Å². The van der Waals surface area contributed by atoms with Gasteiger partial charge in [0.05, 0.1) is 0 Å². The van der Waals surface area contributed by atoms with Crippen molar-refractivity contribution in [3.05, 3.63) is 29.3 Å². The monoisotopic (exact) mass is 302 g/mol. The Hall–Kier alpha value is -2.08. The number of rotatable bonds is 3. The topological polar surface area (TPSA) is 64.7 Å². The number of hydrogen-bond acceptors (Lipinski definition) is 3. The Labute approximate surface area is 130 Å². The van der Waals surface area contributed by atoms with E-state index in [4.69, 9.17) is 0 Å². The number of anilines is 1. The maximum atomic E-state index is 12.8. The number of hydrogen-bond donors (Lipinski definition) is 2. The highest BCUT2D eigenvalue weighted by Crippen LogP contribution is 2.26. The molecule has 6 nitrogen and oxygen atoms in total. The number of nitrogens with one attached hydrogen (secondary N) is 2. The van der Waals surface area contributed by atoms with E-state index in [0.29, 0.717) is 18.7 Å². The third kappa shape index (κ3) is 2.54. The maximum absolute atomic E-state index is 12.8. The van der Waals surface area contributed by atoms with Gasteiger partial charge in [0.15, 0.2) is 0 Å². The van der Waals surface area contributed by atoms with Gasteiger partial charge in [-0.2, -0.15) is 0 Å². The first-order valence-corrected chi connectivity index (χ1v) is 7.72. The minimum Gasteiger partial charge on any atom is -0.337 e. The van der Waals surface area contributed by atoms with Crippen LogP contribution in [-0.4, -0.2) is 56.1 Å². The lowest BCUT2D eigenvalue weighted by molar-refractivity contribution is 0.0743. The molecule has 1 atom stereocenters. The molecule has 2 saturated heterocycles. The molecule has 1 aromatic rings. The molecule has 0 unspecified atom stereocenters. The summed E-state index contributed by atoms with van der Waals surface area (Å²) in [7, 11) is 1.86. The zero-order valence-electron chi connectivity index (χ0n) is 13.1. The Morgan fingerprint density at radius 2 is 2.18 bits per heavy atom. The number of benzene rings is 1. The molecule has 2 fully saturated rings. The predicted molar refractivity (Wildman–Crippen MR) is 85.3 cm³/mol. The van der Waals surface area contributed by atoms with E-state index in [1.807, 2.05) is 37.1 Å². The van der Waals surface area contributed by atoms with Crippen LogP contribution in [0.15, 0.2) is 18.2 Å². The summed E-state index contributed by atoms with van der Waals surface area (Å²) < 4.78 is 0. The van der Waals surface area contributed by atoms with Crippen LogP contribution in [0.2, 0.25) is 0 Å². The molecular formula is C16H22N4O2. The average Bonchev–Trinajstić information content (AvgIpc) is 3.18. The van der Waals surface area contributed by atoms with Gasteiger partial charge in [-0.3, -0.25) is 9.69 Å². The lowest BCUT2D eigenvalue weighted by Gasteiger charge is -2.26. The maximum Gasteiger partial charge on any atom is 0.322 e. The van der Waals surface area contributed by atoms with Gasteiger partial charge in [-0.05, 0) is 37.6 Å². The van der Waals surface area contributed by atoms with Gasteiger partial charge >= 0.3 is 6.03 Å². The summed E-state index contributed by atoms with van der Waals surface area (Å²) in [6.45, 7) is 4.99. The minimum absolute atomic E-state index is 0.0210. The van der Waals surface area contributed by atoms with E-state index < -0.39 is 0 Å². The molecule has 0 spiro atoms. The Morgan fingerprint density at radius 1 is 1.36 bits per heavy atom. The van der Waals surface area contributed by atoms with Crippen LogP contribution in [0.1, 0.15) is 22.3 Å². The molecule has 2 heterocycles. The van der Waals surface area contributed by atoms with Crippen molar-refractivity contribution >= 4 is 17.6 Å². The van der Waals surface area contributed by atoms with E-state index in [-0.39, 0.29) is 18.0 Å². The van der Waals surface area contributed by atoms with Gasteiger partial charge in [-0.1, -0.05) is 6.07 Å². The van der Waals surface area contributed by atoms with Crippen molar-refractivity contribution in [2.45, 2.75) is 19.4 Å². The second-order valence-corrected chi connectivity index (χ2v) is 5.90. The molecule has 3 amide bonds. The van der Waals surface area contributed by atoms with Crippen LogP contribution in [0.5, 0.6) is 0 Å². The molecular weight excluding hydrogens is 280 g/mol. The quantitative estimate of drug-likeness (QED) is 0.874. The van der Waals surface area contributed by atoms with Crippen LogP contribution in [0.25, 0.3) is 0 Å². The second-order valence-electron chi connectivity index (χ2n) is 5.90. The van der Waals surface area contributed by atoms with Crippen LogP contribution in [0.3, 0.4) is 0 Å². The highest BCUT2D eigenvalue weighted by molar-refractivity contribution is 6.00. The lowest BCUT2D eigenvalue weighted by atomic mass is 10.0. The van der Waals surface area contributed by atoms with Gasteiger partial charge in [0.25, 0.3) is 5.91 Å². The first kappa shape index (κ1) is 14.8. The summed E-state index contributed by atoms with van der Waals surface area (Å²) in [5.41, 5.74) is 2.35. The third-order valence-corrected chi connectivity index (χ3v) is 4.59. The second kappa shape index (κ2) is 5.96. The summed E-state index contributed by atoms with van der Waals surface area (Å²) in [4.78, 5) is 28.2. The summed E-state index contributed by atoms with van der Waals surface area (Å²) in [5, 5.41) is 6.08. The average molecular weight is 302 g/mol. The molecule has 0 saturated carbocycles. The first-order valence-electron chi connectivity index (χ1n) is 7.72. The molecule has 2 N–H and O–H groups in total. The van der Waals surface area contributed by atoms with E-state index >= 15 is 0 Å². The Morgan fingerprint density at radius 3 is 2.82 bits per heavy atom. The van der Waals surface area contributed by atoms with E-state index in [1.165, 1.54) is 0 Å². The van der Waals surface area contributed by atoms with Gasteiger partial charge in [0, 0.05) is 44.0 Å². The lowest BCUT2D eigenvalue weighted by Crippen LogP contribution is -2.39. The van der Waals surface area contributed by atoms with Crippen molar-refractivity contribution in [1.29, 1.82) is 0 Å². The Bertz CT molecular complexity index is 596. The fourth-order valence-corrected chi connectivity index (χ4v) is 3.17. The summed E-state index contributed by atoms with van der Waals surface area (Å²) in [5.74, 6) is 0.0210. The van der Waals surface area contributed by atoms with Gasteiger partial charge in [-0.15, -0.1) is 0 Å². The molecule has 2 aliphatic rings. The predicted octanol–water partition coefficient (Wildman–Crippen LogP) is 0.959. The number of urea groups is 1. The zero-order chi connectivity index (χ0) is 15.7. The number of nitrogens with zero attached hydrogens (tertiary/aromatic N) is 2. The van der Waals surface area contributed by atoms with Crippen molar-refractivity contribution in [3.8, 4) is 0 Å². The van der Waals surface area contributed by atoms with Crippen molar-refractivity contribution < 1.29 is 9.59 Å². The molecule has 0 aromatic heterocycles. The Balaban J connectivity index is 1.87. The van der Waals surface area contributed by atoms with Crippen LogP contribution >= 0.6 is 0 Å². The number of carbonyl (C=O) groups excluding carboxylic acids is 2. The first-order chi connectivity index (χ1) is 10.6. The summed E-state index contributed by atoms with van der Waals surface area (Å²) in [6.07, 6.45) is 0.982. The summed E-state index contributed by atoms with van der Waals surface area (Å²) in [6, 6.07) is 5.73. The summed E-state index contributed by atoms with van der Waals surface area (Å²) >= 11 is 0. The Kier molecular flexibility index (Phi) is 4.02. The molecule has 22 heavy (non-hydrogen) atoms. The largest absolute Gasteiger partial charge is 0.337 e. The van der Waals surface area contributed by atoms with E-state index in [1.54, 1.807) is 4.90 Å². The smallest absolute Gasteiger partial charge is 0.322 e. The highest BCUT2D eigenvalue weighted by atomic mass is 16.2. The highest BCUT2D eigenvalue weighted by Gasteiger charge is 2.28. The number of amides is 3. The molecule has 1 aromatic carbocycles. The number of carbonyl (C=O) groups is 2. The molecule has 118 valence electrons. The zero-order valence-corrected chi connectivity index (χ0v) is 13.1. The van der Waals surface area contributed by atoms with Crippen molar-refractivity contribution in [2.24, 2.45) is 0 Å². The molecule has 3 rings (SSSR count). The standard InChI is InChI=1S/C16H22N4O2/c1-11-13(15(21)19(2)12-6-7-17-10-12)4-3-5-14(11)20-9-8-18-16(20)22/h3-5,12,17H,6-10H2,1-2H3,(H,18,22)/t12-/m0/s1. The van der Waals surface area contributed by atoms with Gasteiger partial charge in [-0.25, -0.2) is 4.79 Å². The van der Waals surface area contributed by atoms with Crippen LogP contribution in [0, 0.1) is 6.92 Å². The SMILES string of the molecule is Cc1c(C(=O)N(C)[C@H]2CCNC2)cccc1N1CCNC1=O. The normalized spacial score (nSPS) is 21.1. The van der Waals surface area contributed by atoms with Gasteiger partial charge in [0.1, 0.15) is 0 Å². The van der Waals surface area contributed by atoms with Gasteiger partial charge in [0.2, 0.25) is 0 Å². The van der Waals surface area contributed by atoms with Gasteiger partial charge < -0.3 is 15.5 Å². The van der Waals surface area contributed by atoms with E-state index in [2.05, 4.69) is 10.6 Å². The van der Waals surface area contributed by atoms with E-state index in [0.717, 1.165) is 30.8 Å². The van der Waals surface area contributed by atoms with Crippen molar-refractivity contribution in [2.75, 3.05) is 38.1 Å². The molecule has 6 heteroatoms.